The first kappa shape index (κ1) is 12.4. The second kappa shape index (κ2) is 4.64. The average molecular weight is 246 g/mol. The summed E-state index contributed by atoms with van der Waals surface area (Å²) >= 11 is 0. The molecule has 1 saturated heterocycles. The van der Waals surface area contributed by atoms with E-state index < -0.39 is 17.4 Å². The van der Waals surface area contributed by atoms with Gasteiger partial charge in [-0.2, -0.15) is 0 Å². The van der Waals surface area contributed by atoms with Crippen LogP contribution in [0.25, 0.3) is 0 Å². The van der Waals surface area contributed by atoms with Crippen LogP contribution >= 0.6 is 0 Å². The first-order valence-corrected chi connectivity index (χ1v) is 5.59. The molecule has 4 nitrogen and oxygen atoms in total. The van der Waals surface area contributed by atoms with Crippen LogP contribution < -0.4 is 0 Å². The van der Waals surface area contributed by atoms with Crippen molar-refractivity contribution in [2.24, 2.45) is 0 Å². The van der Waals surface area contributed by atoms with Crippen LogP contribution in [0.4, 0.5) is 0 Å². The summed E-state index contributed by atoms with van der Waals surface area (Å²) in [5.41, 5.74) is -0.141. The average Bonchev–Trinajstić information content (AvgIpc) is 2.41. The first-order chi connectivity index (χ1) is 8.61. The smallest absolute Gasteiger partial charge is 0.328 e. The van der Waals surface area contributed by atoms with Gasteiger partial charge in [-0.05, 0) is 11.1 Å². The molecular weight excluding hydrogens is 232 g/mol. The van der Waals surface area contributed by atoms with Crippen LogP contribution in [-0.4, -0.2) is 25.7 Å². The van der Waals surface area contributed by atoms with Gasteiger partial charge in [0.25, 0.3) is 0 Å². The Balaban J connectivity index is 2.56. The fourth-order valence-electron chi connectivity index (χ4n) is 2.18. The number of methoxy groups -OCH3 is 1. The van der Waals surface area contributed by atoms with E-state index in [1.807, 2.05) is 6.07 Å². The second-order valence-electron chi connectivity index (χ2n) is 4.27. The lowest BCUT2D eigenvalue weighted by atomic mass is 9.74. The van der Waals surface area contributed by atoms with Gasteiger partial charge in [-0.3, -0.25) is 9.59 Å². The Kier molecular flexibility index (Phi) is 3.19. The van der Waals surface area contributed by atoms with Crippen molar-refractivity contribution in [2.75, 3.05) is 13.7 Å². The van der Waals surface area contributed by atoms with Gasteiger partial charge in [-0.1, -0.05) is 36.9 Å². The van der Waals surface area contributed by atoms with Crippen LogP contribution in [0.2, 0.25) is 0 Å². The highest BCUT2D eigenvalue weighted by Crippen LogP contribution is 2.37. The lowest BCUT2D eigenvalue weighted by Crippen LogP contribution is -2.49. The van der Waals surface area contributed by atoms with Gasteiger partial charge in [-0.25, -0.2) is 0 Å². The number of hydrogen-bond donors (Lipinski definition) is 0. The highest BCUT2D eigenvalue weighted by molar-refractivity contribution is 6.07. The number of hydrogen-bond acceptors (Lipinski definition) is 4. The number of rotatable bonds is 2. The van der Waals surface area contributed by atoms with Gasteiger partial charge in [0.15, 0.2) is 5.41 Å². The largest absolute Gasteiger partial charge is 0.468 e. The van der Waals surface area contributed by atoms with Crippen LogP contribution in [-0.2, 0) is 24.5 Å². The fraction of sp³-hybridized carbons (Fsp3) is 0.286. The van der Waals surface area contributed by atoms with Crippen molar-refractivity contribution in [3.05, 3.63) is 48.0 Å². The maximum Gasteiger partial charge on any atom is 0.328 e. The molecule has 0 radical (unpaired) electrons. The number of carbonyl (C=O) groups is 2. The van der Waals surface area contributed by atoms with E-state index in [1.165, 1.54) is 7.11 Å². The number of esters is 2. The molecule has 1 aliphatic heterocycles. The summed E-state index contributed by atoms with van der Waals surface area (Å²) in [5.74, 6) is -1.19. The van der Waals surface area contributed by atoms with E-state index in [0.717, 1.165) is 0 Å². The highest BCUT2D eigenvalue weighted by Gasteiger charge is 2.52. The summed E-state index contributed by atoms with van der Waals surface area (Å²) in [5, 5.41) is 0. The number of benzene rings is 1. The van der Waals surface area contributed by atoms with Crippen molar-refractivity contribution in [3.8, 4) is 0 Å². The van der Waals surface area contributed by atoms with Gasteiger partial charge < -0.3 is 9.47 Å². The van der Waals surface area contributed by atoms with Crippen molar-refractivity contribution in [1.82, 2.24) is 0 Å². The van der Waals surface area contributed by atoms with Crippen molar-refractivity contribution in [3.63, 3.8) is 0 Å². The van der Waals surface area contributed by atoms with E-state index in [-0.39, 0.29) is 13.0 Å². The van der Waals surface area contributed by atoms with Gasteiger partial charge in [0, 0.05) is 6.42 Å². The Morgan fingerprint density at radius 1 is 1.39 bits per heavy atom. The molecule has 1 aromatic carbocycles. The van der Waals surface area contributed by atoms with Crippen LogP contribution in [0.15, 0.2) is 42.5 Å². The third kappa shape index (κ3) is 1.79. The summed E-state index contributed by atoms with van der Waals surface area (Å²) in [6.07, 6.45) is 0.225. The fourth-order valence-corrected chi connectivity index (χ4v) is 2.18. The van der Waals surface area contributed by atoms with Crippen molar-refractivity contribution in [1.29, 1.82) is 0 Å². The molecule has 1 heterocycles. The maximum atomic E-state index is 12.1. The predicted octanol–water partition coefficient (Wildman–Crippen LogP) is 1.60. The van der Waals surface area contributed by atoms with Crippen LogP contribution in [0.3, 0.4) is 0 Å². The minimum Gasteiger partial charge on any atom is -0.468 e. The summed E-state index contributed by atoms with van der Waals surface area (Å²) in [4.78, 5) is 24.2. The normalized spacial score (nSPS) is 23.4. The molecule has 4 heteroatoms. The summed E-state index contributed by atoms with van der Waals surface area (Å²) < 4.78 is 9.83. The Hall–Kier alpha value is -2.10. The van der Waals surface area contributed by atoms with E-state index in [0.29, 0.717) is 11.1 Å². The SMILES string of the molecule is C=C1COC(=O)C(C(=O)OC)(c2ccccc2)C1. The molecule has 1 atom stereocenters. The molecule has 0 saturated carbocycles. The monoisotopic (exact) mass is 246 g/mol. The standard InChI is InChI=1S/C14H14O4/c1-10-8-14(12(15)17-2,13(16)18-9-10)11-6-4-3-5-7-11/h3-7H,1,8-9H2,2H3. The molecule has 1 unspecified atom stereocenters. The summed E-state index contributed by atoms with van der Waals surface area (Å²) in [7, 11) is 1.26. The van der Waals surface area contributed by atoms with Gasteiger partial charge >= 0.3 is 11.9 Å². The van der Waals surface area contributed by atoms with E-state index >= 15 is 0 Å². The van der Waals surface area contributed by atoms with E-state index in [4.69, 9.17) is 9.47 Å². The molecule has 18 heavy (non-hydrogen) atoms. The minimum atomic E-state index is -1.41. The molecule has 0 aromatic heterocycles. The zero-order valence-electron chi connectivity index (χ0n) is 10.1. The third-order valence-electron chi connectivity index (χ3n) is 3.07. The van der Waals surface area contributed by atoms with Crippen molar-refractivity contribution >= 4 is 11.9 Å². The predicted molar refractivity (Wildman–Crippen MR) is 64.9 cm³/mol. The molecule has 2 rings (SSSR count). The third-order valence-corrected chi connectivity index (χ3v) is 3.07. The Morgan fingerprint density at radius 2 is 2.06 bits per heavy atom. The quantitative estimate of drug-likeness (QED) is 0.452. The molecule has 94 valence electrons. The number of carbonyl (C=O) groups excluding carboxylic acids is 2. The van der Waals surface area contributed by atoms with Crippen LogP contribution in [0, 0.1) is 0 Å². The van der Waals surface area contributed by atoms with E-state index in [2.05, 4.69) is 6.58 Å². The lowest BCUT2D eigenvalue weighted by molar-refractivity contribution is -0.165. The zero-order chi connectivity index (χ0) is 13.2. The molecule has 0 amide bonds. The molecule has 1 aliphatic rings. The van der Waals surface area contributed by atoms with Gasteiger partial charge in [0.1, 0.15) is 6.61 Å². The van der Waals surface area contributed by atoms with Gasteiger partial charge in [0.05, 0.1) is 7.11 Å². The number of ether oxygens (including phenoxy) is 2. The Labute approximate surface area is 105 Å². The highest BCUT2D eigenvalue weighted by atomic mass is 16.6. The summed E-state index contributed by atoms with van der Waals surface area (Å²) in [6, 6.07) is 8.79. The second-order valence-corrected chi connectivity index (χ2v) is 4.27. The molecule has 0 aliphatic carbocycles. The minimum absolute atomic E-state index is 0.157. The molecule has 1 aromatic rings. The van der Waals surface area contributed by atoms with Gasteiger partial charge in [0.2, 0.25) is 0 Å². The Bertz CT molecular complexity index is 482. The topological polar surface area (TPSA) is 52.6 Å². The molecule has 0 bridgehead atoms. The van der Waals surface area contributed by atoms with Gasteiger partial charge in [-0.15, -0.1) is 0 Å². The van der Waals surface area contributed by atoms with Crippen LogP contribution in [0.5, 0.6) is 0 Å². The van der Waals surface area contributed by atoms with E-state index in [1.54, 1.807) is 24.3 Å². The first-order valence-electron chi connectivity index (χ1n) is 5.59. The molecule has 0 spiro atoms. The van der Waals surface area contributed by atoms with Crippen LogP contribution in [0.1, 0.15) is 12.0 Å². The lowest BCUT2D eigenvalue weighted by Gasteiger charge is -2.33. The zero-order valence-corrected chi connectivity index (χ0v) is 10.1. The molecular formula is C14H14O4. The maximum absolute atomic E-state index is 12.1. The Morgan fingerprint density at radius 3 is 2.67 bits per heavy atom. The van der Waals surface area contributed by atoms with Crippen molar-refractivity contribution < 1.29 is 19.1 Å². The van der Waals surface area contributed by atoms with E-state index in [9.17, 15) is 9.59 Å². The summed E-state index contributed by atoms with van der Waals surface area (Å²) in [6.45, 7) is 3.96. The number of cyclic esters (lactones) is 1. The van der Waals surface area contributed by atoms with Crippen molar-refractivity contribution in [2.45, 2.75) is 11.8 Å². The molecule has 0 N–H and O–H groups in total. The molecule has 1 fully saturated rings.